The largest absolute Gasteiger partial charge is 0.395 e. The van der Waals surface area contributed by atoms with Crippen LogP contribution in [0.1, 0.15) is 18.1 Å². The molecule has 21 heavy (non-hydrogen) atoms. The first kappa shape index (κ1) is 15.5. The second-order valence-electron chi connectivity index (χ2n) is 5.31. The van der Waals surface area contributed by atoms with Crippen molar-refractivity contribution in [1.82, 2.24) is 0 Å². The maximum Gasteiger partial charge on any atom is 0.0599 e. The quantitative estimate of drug-likeness (QED) is 0.821. The van der Waals surface area contributed by atoms with Crippen LogP contribution >= 0.6 is 0 Å². The van der Waals surface area contributed by atoms with Crippen molar-refractivity contribution < 1.29 is 5.11 Å². The van der Waals surface area contributed by atoms with Crippen molar-refractivity contribution in [2.24, 2.45) is 5.73 Å². The molecule has 0 aliphatic carbocycles. The molecule has 2 aromatic carbocycles. The SMILES string of the molecule is CCN(C[C@H](N)CO)c1ccc(Cc2ccccc2)cc1. The van der Waals surface area contributed by atoms with E-state index in [9.17, 15) is 0 Å². The molecule has 2 aromatic rings. The average Bonchev–Trinajstić information content (AvgIpc) is 2.54. The normalized spacial score (nSPS) is 12.1. The number of aliphatic hydroxyl groups excluding tert-OH is 1. The van der Waals surface area contributed by atoms with Crippen LogP contribution < -0.4 is 10.6 Å². The van der Waals surface area contributed by atoms with Crippen molar-refractivity contribution in [2.45, 2.75) is 19.4 Å². The zero-order valence-electron chi connectivity index (χ0n) is 12.6. The van der Waals surface area contributed by atoms with Gasteiger partial charge in [-0.25, -0.2) is 0 Å². The van der Waals surface area contributed by atoms with Crippen LogP contribution in [0.5, 0.6) is 0 Å². The molecule has 0 unspecified atom stereocenters. The summed E-state index contributed by atoms with van der Waals surface area (Å²) in [6.45, 7) is 3.67. The van der Waals surface area contributed by atoms with Gasteiger partial charge in [0, 0.05) is 24.8 Å². The van der Waals surface area contributed by atoms with Crippen molar-refractivity contribution in [3.05, 3.63) is 65.7 Å². The highest BCUT2D eigenvalue weighted by molar-refractivity contribution is 5.48. The van der Waals surface area contributed by atoms with Gasteiger partial charge in [0.2, 0.25) is 0 Å². The minimum atomic E-state index is -0.200. The van der Waals surface area contributed by atoms with Crippen LogP contribution in [-0.4, -0.2) is 30.8 Å². The Labute approximate surface area is 127 Å². The molecule has 0 saturated heterocycles. The number of hydrogen-bond donors (Lipinski definition) is 2. The van der Waals surface area contributed by atoms with Gasteiger partial charge in [-0.3, -0.25) is 0 Å². The number of benzene rings is 2. The van der Waals surface area contributed by atoms with Gasteiger partial charge in [0.15, 0.2) is 0 Å². The van der Waals surface area contributed by atoms with Gasteiger partial charge >= 0.3 is 0 Å². The van der Waals surface area contributed by atoms with Gasteiger partial charge in [-0.1, -0.05) is 42.5 Å². The van der Waals surface area contributed by atoms with Crippen LogP contribution in [0, 0.1) is 0 Å². The fourth-order valence-corrected chi connectivity index (χ4v) is 2.41. The summed E-state index contributed by atoms with van der Waals surface area (Å²) < 4.78 is 0. The molecule has 3 N–H and O–H groups in total. The predicted octanol–water partition coefficient (Wildman–Crippen LogP) is 2.42. The molecule has 3 heteroatoms. The zero-order chi connectivity index (χ0) is 15.1. The Balaban J connectivity index is 2.03. The first-order valence-corrected chi connectivity index (χ1v) is 7.47. The van der Waals surface area contributed by atoms with Crippen molar-refractivity contribution in [3.63, 3.8) is 0 Å². The second kappa shape index (κ2) is 7.81. The summed E-state index contributed by atoms with van der Waals surface area (Å²) in [6, 6.07) is 18.9. The summed E-state index contributed by atoms with van der Waals surface area (Å²) in [5.41, 5.74) is 9.60. The lowest BCUT2D eigenvalue weighted by molar-refractivity contribution is 0.267. The monoisotopic (exact) mass is 284 g/mol. The number of aliphatic hydroxyl groups is 1. The lowest BCUT2D eigenvalue weighted by Gasteiger charge is -2.26. The maximum atomic E-state index is 9.08. The second-order valence-corrected chi connectivity index (χ2v) is 5.31. The average molecular weight is 284 g/mol. The molecule has 1 atom stereocenters. The highest BCUT2D eigenvalue weighted by Crippen LogP contribution is 2.17. The molecule has 0 fully saturated rings. The third-order valence-corrected chi connectivity index (χ3v) is 3.62. The van der Waals surface area contributed by atoms with Gasteiger partial charge in [0.1, 0.15) is 0 Å². The molecule has 0 spiro atoms. The summed E-state index contributed by atoms with van der Waals surface area (Å²) >= 11 is 0. The molecule has 112 valence electrons. The lowest BCUT2D eigenvalue weighted by Crippen LogP contribution is -2.39. The van der Waals surface area contributed by atoms with E-state index in [0.29, 0.717) is 6.54 Å². The summed E-state index contributed by atoms with van der Waals surface area (Å²) in [4.78, 5) is 2.19. The Bertz CT molecular complexity index is 525. The van der Waals surface area contributed by atoms with Crippen molar-refractivity contribution in [2.75, 3.05) is 24.6 Å². The zero-order valence-corrected chi connectivity index (χ0v) is 12.6. The molecule has 0 aliphatic rings. The van der Waals surface area contributed by atoms with Gasteiger partial charge in [0.05, 0.1) is 6.61 Å². The van der Waals surface area contributed by atoms with Crippen LogP contribution in [0.25, 0.3) is 0 Å². The molecule has 3 nitrogen and oxygen atoms in total. The van der Waals surface area contributed by atoms with E-state index in [2.05, 4.69) is 60.4 Å². The molecule has 2 rings (SSSR count). The lowest BCUT2D eigenvalue weighted by atomic mass is 10.0. The first-order chi connectivity index (χ1) is 10.2. The van der Waals surface area contributed by atoms with E-state index in [1.54, 1.807) is 0 Å². The van der Waals surface area contributed by atoms with Gasteiger partial charge in [-0.15, -0.1) is 0 Å². The maximum absolute atomic E-state index is 9.08. The summed E-state index contributed by atoms with van der Waals surface area (Å²) in [5.74, 6) is 0. The number of nitrogens with zero attached hydrogens (tertiary/aromatic N) is 1. The third kappa shape index (κ3) is 4.59. The van der Waals surface area contributed by atoms with Crippen LogP contribution in [0.15, 0.2) is 54.6 Å². The fourth-order valence-electron chi connectivity index (χ4n) is 2.41. The number of anilines is 1. The van der Waals surface area contributed by atoms with E-state index in [0.717, 1.165) is 18.7 Å². The first-order valence-electron chi connectivity index (χ1n) is 7.47. The van der Waals surface area contributed by atoms with Crippen LogP contribution in [0.3, 0.4) is 0 Å². The summed E-state index contributed by atoms with van der Waals surface area (Å²) in [6.07, 6.45) is 0.948. The molecule has 0 heterocycles. The Hall–Kier alpha value is -1.84. The Morgan fingerprint density at radius 3 is 2.19 bits per heavy atom. The van der Waals surface area contributed by atoms with Crippen LogP contribution in [-0.2, 0) is 6.42 Å². The van der Waals surface area contributed by atoms with Gasteiger partial charge in [-0.2, -0.15) is 0 Å². The number of likely N-dealkylation sites (N-methyl/N-ethyl adjacent to an activating group) is 1. The molecule has 0 saturated carbocycles. The molecule has 0 bridgehead atoms. The highest BCUT2D eigenvalue weighted by Gasteiger charge is 2.09. The summed E-state index contributed by atoms with van der Waals surface area (Å²) in [7, 11) is 0. The van der Waals surface area contributed by atoms with E-state index in [1.165, 1.54) is 11.1 Å². The minimum Gasteiger partial charge on any atom is -0.395 e. The van der Waals surface area contributed by atoms with Crippen LogP contribution in [0.4, 0.5) is 5.69 Å². The van der Waals surface area contributed by atoms with Gasteiger partial charge in [-0.05, 0) is 36.6 Å². The molecule has 0 aliphatic heterocycles. The van der Waals surface area contributed by atoms with Crippen molar-refractivity contribution >= 4 is 5.69 Å². The van der Waals surface area contributed by atoms with Gasteiger partial charge < -0.3 is 15.7 Å². The van der Waals surface area contributed by atoms with E-state index < -0.39 is 0 Å². The van der Waals surface area contributed by atoms with E-state index in [4.69, 9.17) is 10.8 Å². The molecular weight excluding hydrogens is 260 g/mol. The molecular formula is C18H24N2O. The predicted molar refractivity (Wildman–Crippen MR) is 88.6 cm³/mol. The third-order valence-electron chi connectivity index (χ3n) is 3.62. The van der Waals surface area contributed by atoms with E-state index in [-0.39, 0.29) is 12.6 Å². The van der Waals surface area contributed by atoms with E-state index in [1.807, 2.05) is 6.07 Å². The van der Waals surface area contributed by atoms with Crippen molar-refractivity contribution in [1.29, 1.82) is 0 Å². The smallest absolute Gasteiger partial charge is 0.0599 e. The number of hydrogen-bond acceptors (Lipinski definition) is 3. The van der Waals surface area contributed by atoms with Gasteiger partial charge in [0.25, 0.3) is 0 Å². The standard InChI is InChI=1S/C18H24N2O/c1-2-20(13-17(19)14-21)18-10-8-16(9-11-18)12-15-6-4-3-5-7-15/h3-11,17,21H,2,12-14,19H2,1H3/t17-/m0/s1. The fraction of sp³-hybridized carbons (Fsp3) is 0.333. The number of rotatable bonds is 7. The topological polar surface area (TPSA) is 49.5 Å². The Kier molecular flexibility index (Phi) is 5.78. The van der Waals surface area contributed by atoms with Crippen LogP contribution in [0.2, 0.25) is 0 Å². The summed E-state index contributed by atoms with van der Waals surface area (Å²) in [5, 5.41) is 9.08. The molecule has 0 amide bonds. The highest BCUT2D eigenvalue weighted by atomic mass is 16.3. The number of nitrogens with two attached hydrogens (primary N) is 1. The molecule has 0 radical (unpaired) electrons. The van der Waals surface area contributed by atoms with E-state index >= 15 is 0 Å². The van der Waals surface area contributed by atoms with Crippen molar-refractivity contribution in [3.8, 4) is 0 Å². The Morgan fingerprint density at radius 2 is 1.62 bits per heavy atom. The minimum absolute atomic E-state index is 0.0165. The molecule has 0 aromatic heterocycles. The Morgan fingerprint density at radius 1 is 1.00 bits per heavy atom.